The Labute approximate surface area is 122 Å². The van der Waals surface area contributed by atoms with Gasteiger partial charge >= 0.3 is 0 Å². The number of nitrogens with one attached hydrogen (secondary N) is 3. The van der Waals surface area contributed by atoms with Crippen molar-refractivity contribution in [3.63, 3.8) is 0 Å². The van der Waals surface area contributed by atoms with E-state index in [1.807, 2.05) is 0 Å². The summed E-state index contributed by atoms with van der Waals surface area (Å²) >= 11 is 0. The number of nitrogens with zero attached hydrogens (tertiary/aromatic N) is 3. The normalized spacial score (nSPS) is 16.7. The van der Waals surface area contributed by atoms with Crippen molar-refractivity contribution in [2.45, 2.75) is 18.9 Å². The molecule has 1 atom stereocenters. The topological polar surface area (TPSA) is 78.5 Å². The highest BCUT2D eigenvalue weighted by molar-refractivity contribution is 5.81. The van der Waals surface area contributed by atoms with E-state index in [-0.39, 0.29) is 0 Å². The van der Waals surface area contributed by atoms with Crippen molar-refractivity contribution in [1.82, 2.24) is 19.9 Å². The Bertz CT molecular complexity index is 740. The summed E-state index contributed by atoms with van der Waals surface area (Å²) in [6.07, 6.45) is 5.30. The standard InChI is InChI=1S/C15H16N6/c1-2-4-12-10(3-1)7-11(21-12)5-6-16-14-13-15(18-8-17-13)20-9-19-14/h1-4,8-9,11,21H,5-7H2,(H2,16,17,18,19,20)/t11-/m1/s1. The van der Waals surface area contributed by atoms with Crippen LogP contribution in [0, 0.1) is 0 Å². The summed E-state index contributed by atoms with van der Waals surface area (Å²) in [6, 6.07) is 8.98. The minimum Gasteiger partial charge on any atom is -0.382 e. The van der Waals surface area contributed by atoms with E-state index in [1.165, 1.54) is 17.6 Å². The van der Waals surface area contributed by atoms with Gasteiger partial charge in [0.15, 0.2) is 11.5 Å². The summed E-state index contributed by atoms with van der Waals surface area (Å²) in [6.45, 7) is 0.858. The van der Waals surface area contributed by atoms with Gasteiger partial charge in [0.1, 0.15) is 11.8 Å². The van der Waals surface area contributed by atoms with Crippen LogP contribution in [0.25, 0.3) is 11.2 Å². The lowest BCUT2D eigenvalue weighted by atomic mass is 10.1. The van der Waals surface area contributed by atoms with E-state index in [9.17, 15) is 0 Å². The molecule has 1 aliphatic heterocycles. The molecule has 3 N–H and O–H groups in total. The Morgan fingerprint density at radius 1 is 1.19 bits per heavy atom. The number of para-hydroxylation sites is 1. The predicted octanol–water partition coefficient (Wildman–Crippen LogP) is 2.19. The Morgan fingerprint density at radius 3 is 3.10 bits per heavy atom. The first-order valence-corrected chi connectivity index (χ1v) is 7.12. The molecule has 21 heavy (non-hydrogen) atoms. The third kappa shape index (κ3) is 2.29. The molecular weight excluding hydrogens is 264 g/mol. The molecule has 0 saturated carbocycles. The summed E-state index contributed by atoms with van der Waals surface area (Å²) in [5, 5.41) is 6.93. The average molecular weight is 280 g/mol. The molecule has 4 rings (SSSR count). The molecule has 6 heteroatoms. The number of aromatic nitrogens is 4. The number of hydrogen-bond donors (Lipinski definition) is 3. The molecule has 6 nitrogen and oxygen atoms in total. The molecule has 3 aromatic rings. The van der Waals surface area contributed by atoms with Crippen molar-refractivity contribution in [2.75, 3.05) is 17.2 Å². The lowest BCUT2D eigenvalue weighted by Crippen LogP contribution is -2.20. The molecule has 1 aromatic carbocycles. The number of fused-ring (bicyclic) bond motifs is 2. The third-order valence-corrected chi connectivity index (χ3v) is 3.85. The predicted molar refractivity (Wildman–Crippen MR) is 82.3 cm³/mol. The molecule has 0 fully saturated rings. The third-order valence-electron chi connectivity index (χ3n) is 3.85. The van der Waals surface area contributed by atoms with Crippen LogP contribution in [0.5, 0.6) is 0 Å². The smallest absolute Gasteiger partial charge is 0.182 e. The minimum atomic E-state index is 0.481. The molecule has 0 unspecified atom stereocenters. The monoisotopic (exact) mass is 280 g/mol. The van der Waals surface area contributed by atoms with Gasteiger partial charge in [-0.3, -0.25) is 0 Å². The van der Waals surface area contributed by atoms with Crippen molar-refractivity contribution in [2.24, 2.45) is 0 Å². The van der Waals surface area contributed by atoms with Gasteiger partial charge < -0.3 is 15.6 Å². The van der Waals surface area contributed by atoms with Crippen molar-refractivity contribution < 1.29 is 0 Å². The number of aromatic amines is 1. The average Bonchev–Trinajstić information content (AvgIpc) is 3.13. The molecule has 0 bridgehead atoms. The second-order valence-corrected chi connectivity index (χ2v) is 5.24. The largest absolute Gasteiger partial charge is 0.382 e. The summed E-state index contributed by atoms with van der Waals surface area (Å²) in [4.78, 5) is 15.6. The highest BCUT2D eigenvalue weighted by atomic mass is 15.1. The van der Waals surface area contributed by atoms with Crippen LogP contribution in [-0.2, 0) is 6.42 Å². The van der Waals surface area contributed by atoms with E-state index in [1.54, 1.807) is 6.33 Å². The molecule has 2 aromatic heterocycles. The van der Waals surface area contributed by atoms with E-state index >= 15 is 0 Å². The fourth-order valence-corrected chi connectivity index (χ4v) is 2.81. The van der Waals surface area contributed by atoms with Crippen LogP contribution in [0.2, 0.25) is 0 Å². The van der Waals surface area contributed by atoms with Crippen molar-refractivity contribution in [1.29, 1.82) is 0 Å². The van der Waals surface area contributed by atoms with Gasteiger partial charge in [0.25, 0.3) is 0 Å². The number of imidazole rings is 1. The maximum absolute atomic E-state index is 4.27. The summed E-state index contributed by atoms with van der Waals surface area (Å²) < 4.78 is 0. The zero-order chi connectivity index (χ0) is 14.1. The molecule has 3 heterocycles. The molecule has 0 spiro atoms. The molecule has 0 amide bonds. The maximum Gasteiger partial charge on any atom is 0.182 e. The first kappa shape index (κ1) is 12.1. The van der Waals surface area contributed by atoms with Gasteiger partial charge in [-0.25, -0.2) is 15.0 Å². The molecular formula is C15H16N6. The number of anilines is 2. The highest BCUT2D eigenvalue weighted by Crippen LogP contribution is 2.26. The second kappa shape index (κ2) is 5.05. The van der Waals surface area contributed by atoms with Crippen LogP contribution in [0.15, 0.2) is 36.9 Å². The first-order valence-electron chi connectivity index (χ1n) is 7.12. The molecule has 0 radical (unpaired) electrons. The lowest BCUT2D eigenvalue weighted by molar-refractivity contribution is 0.698. The molecule has 106 valence electrons. The Balaban J connectivity index is 1.38. The lowest BCUT2D eigenvalue weighted by Gasteiger charge is -2.12. The highest BCUT2D eigenvalue weighted by Gasteiger charge is 2.19. The summed E-state index contributed by atoms with van der Waals surface area (Å²) in [5.41, 5.74) is 4.22. The minimum absolute atomic E-state index is 0.481. The second-order valence-electron chi connectivity index (χ2n) is 5.24. The van der Waals surface area contributed by atoms with E-state index in [0.29, 0.717) is 11.7 Å². The molecule has 0 saturated heterocycles. The quantitative estimate of drug-likeness (QED) is 0.683. The zero-order valence-electron chi connectivity index (χ0n) is 11.5. The zero-order valence-corrected chi connectivity index (χ0v) is 11.5. The molecule has 0 aliphatic carbocycles. The van der Waals surface area contributed by atoms with Gasteiger partial charge in [0.05, 0.1) is 6.33 Å². The van der Waals surface area contributed by atoms with Crippen molar-refractivity contribution in [3.8, 4) is 0 Å². The van der Waals surface area contributed by atoms with E-state index in [4.69, 9.17) is 0 Å². The fraction of sp³-hybridized carbons (Fsp3) is 0.267. The van der Waals surface area contributed by atoms with Gasteiger partial charge in [0, 0.05) is 18.3 Å². The van der Waals surface area contributed by atoms with Crippen LogP contribution in [0.4, 0.5) is 11.5 Å². The van der Waals surface area contributed by atoms with Gasteiger partial charge in [0.2, 0.25) is 0 Å². The van der Waals surface area contributed by atoms with Crippen molar-refractivity contribution in [3.05, 3.63) is 42.5 Å². The van der Waals surface area contributed by atoms with Crippen molar-refractivity contribution >= 4 is 22.7 Å². The number of benzene rings is 1. The van der Waals surface area contributed by atoms with Crippen LogP contribution >= 0.6 is 0 Å². The number of H-pyrrole nitrogens is 1. The van der Waals surface area contributed by atoms with Crippen LogP contribution < -0.4 is 10.6 Å². The Kier molecular flexibility index (Phi) is 2.92. The number of rotatable bonds is 4. The van der Waals surface area contributed by atoms with Gasteiger partial charge in [-0.15, -0.1) is 0 Å². The van der Waals surface area contributed by atoms with Crippen LogP contribution in [-0.4, -0.2) is 32.5 Å². The van der Waals surface area contributed by atoms with Gasteiger partial charge in [-0.2, -0.15) is 0 Å². The van der Waals surface area contributed by atoms with Gasteiger partial charge in [-0.05, 0) is 24.5 Å². The van der Waals surface area contributed by atoms with Gasteiger partial charge in [-0.1, -0.05) is 18.2 Å². The van der Waals surface area contributed by atoms with Crippen LogP contribution in [0.3, 0.4) is 0 Å². The Hall–Kier alpha value is -2.63. The Morgan fingerprint density at radius 2 is 2.14 bits per heavy atom. The maximum atomic E-state index is 4.27. The summed E-state index contributed by atoms with van der Waals surface area (Å²) in [7, 11) is 0. The number of hydrogen-bond acceptors (Lipinski definition) is 5. The SMILES string of the molecule is c1ccc2c(c1)C[C@@H](CCNc1ncnc3nc[nH]c13)N2. The molecule has 1 aliphatic rings. The van der Waals surface area contributed by atoms with E-state index < -0.39 is 0 Å². The summed E-state index contributed by atoms with van der Waals surface area (Å²) in [5.74, 6) is 0.813. The van der Waals surface area contributed by atoms with Crippen LogP contribution in [0.1, 0.15) is 12.0 Å². The van der Waals surface area contributed by atoms with E-state index in [2.05, 4.69) is 54.8 Å². The first-order chi connectivity index (χ1) is 10.4. The fourth-order valence-electron chi connectivity index (χ4n) is 2.81. The van der Waals surface area contributed by atoms with E-state index in [0.717, 1.165) is 30.7 Å².